The Morgan fingerprint density at radius 2 is 2.15 bits per heavy atom. The van der Waals surface area contributed by atoms with E-state index < -0.39 is 0 Å². The van der Waals surface area contributed by atoms with Crippen LogP contribution in [0.25, 0.3) is 0 Å². The molecular weight excluding hydrogens is 279 g/mol. The van der Waals surface area contributed by atoms with Crippen LogP contribution in [0.2, 0.25) is 5.02 Å². The van der Waals surface area contributed by atoms with Crippen LogP contribution in [-0.2, 0) is 0 Å². The minimum absolute atomic E-state index is 0.0000570. The van der Waals surface area contributed by atoms with Crippen molar-refractivity contribution in [3.63, 3.8) is 0 Å². The molecular formula is C15H16ClFN2O. The highest BCUT2D eigenvalue weighted by Crippen LogP contribution is 2.29. The van der Waals surface area contributed by atoms with Gasteiger partial charge in [0.25, 0.3) is 0 Å². The molecule has 0 aliphatic rings. The van der Waals surface area contributed by atoms with E-state index in [1.807, 2.05) is 13.0 Å². The minimum atomic E-state index is -0.337. The van der Waals surface area contributed by atoms with Crippen molar-refractivity contribution in [3.8, 4) is 5.75 Å². The molecule has 0 aliphatic carbocycles. The maximum Gasteiger partial charge on any atom is 0.141 e. The molecule has 0 radical (unpaired) electrons. The van der Waals surface area contributed by atoms with Crippen LogP contribution in [0.4, 0.5) is 10.1 Å². The average Bonchev–Trinajstić information content (AvgIpc) is 2.46. The van der Waals surface area contributed by atoms with Crippen LogP contribution in [0.3, 0.4) is 0 Å². The van der Waals surface area contributed by atoms with Gasteiger partial charge in [-0.15, -0.1) is 0 Å². The van der Waals surface area contributed by atoms with E-state index in [2.05, 4.69) is 10.3 Å². The van der Waals surface area contributed by atoms with Crippen LogP contribution in [0.5, 0.6) is 5.75 Å². The number of rotatable bonds is 5. The van der Waals surface area contributed by atoms with Crippen LogP contribution in [-0.4, -0.2) is 12.1 Å². The number of hydrogen-bond donors (Lipinski definition) is 1. The number of halogens is 2. The Morgan fingerprint density at radius 1 is 1.35 bits per heavy atom. The lowest BCUT2D eigenvalue weighted by Gasteiger charge is -2.18. The lowest BCUT2D eigenvalue weighted by atomic mass is 10.1. The van der Waals surface area contributed by atoms with Gasteiger partial charge in [0, 0.05) is 5.69 Å². The Balaban J connectivity index is 2.17. The van der Waals surface area contributed by atoms with Crippen LogP contribution >= 0.6 is 11.6 Å². The molecule has 20 heavy (non-hydrogen) atoms. The molecule has 3 nitrogen and oxygen atoms in total. The van der Waals surface area contributed by atoms with Crippen molar-refractivity contribution in [1.29, 1.82) is 0 Å². The Labute approximate surface area is 122 Å². The first-order valence-corrected chi connectivity index (χ1v) is 6.73. The van der Waals surface area contributed by atoms with Crippen molar-refractivity contribution < 1.29 is 9.13 Å². The van der Waals surface area contributed by atoms with Crippen LogP contribution in [0, 0.1) is 5.82 Å². The summed E-state index contributed by atoms with van der Waals surface area (Å²) in [7, 11) is 1.57. The number of hydrogen-bond acceptors (Lipinski definition) is 3. The van der Waals surface area contributed by atoms with Crippen LogP contribution in [0.15, 0.2) is 36.5 Å². The fourth-order valence-electron chi connectivity index (χ4n) is 1.94. The van der Waals surface area contributed by atoms with E-state index in [1.54, 1.807) is 25.3 Å². The zero-order valence-electron chi connectivity index (χ0n) is 11.4. The van der Waals surface area contributed by atoms with E-state index >= 15 is 0 Å². The van der Waals surface area contributed by atoms with Gasteiger partial charge in [0.05, 0.1) is 30.1 Å². The zero-order valence-corrected chi connectivity index (χ0v) is 12.1. The van der Waals surface area contributed by atoms with Gasteiger partial charge in [0.15, 0.2) is 0 Å². The van der Waals surface area contributed by atoms with E-state index in [0.717, 1.165) is 17.8 Å². The first-order valence-electron chi connectivity index (χ1n) is 6.35. The van der Waals surface area contributed by atoms with Crippen molar-refractivity contribution in [3.05, 3.63) is 53.1 Å². The molecule has 106 valence electrons. The van der Waals surface area contributed by atoms with Crippen molar-refractivity contribution >= 4 is 17.3 Å². The summed E-state index contributed by atoms with van der Waals surface area (Å²) in [5, 5.41) is 3.87. The lowest BCUT2D eigenvalue weighted by molar-refractivity contribution is 0.415. The Bertz CT molecular complexity index is 575. The molecule has 0 saturated heterocycles. The zero-order chi connectivity index (χ0) is 14.5. The smallest absolute Gasteiger partial charge is 0.141 e. The fraction of sp³-hybridized carbons (Fsp3) is 0.267. The monoisotopic (exact) mass is 294 g/mol. The molecule has 2 rings (SSSR count). The van der Waals surface area contributed by atoms with Gasteiger partial charge < -0.3 is 10.1 Å². The Hall–Kier alpha value is -1.81. The number of methoxy groups -OCH3 is 1. The number of nitrogens with one attached hydrogen (secondary N) is 1. The van der Waals surface area contributed by atoms with E-state index in [0.29, 0.717) is 10.8 Å². The SMILES string of the molecule is CCC(Nc1ccc(OC)c(Cl)c1)c1ccc(F)cn1. The molecule has 2 aromatic rings. The molecule has 1 atom stereocenters. The quantitative estimate of drug-likeness (QED) is 0.885. The number of anilines is 1. The third-order valence-electron chi connectivity index (χ3n) is 3.01. The van der Waals surface area contributed by atoms with Gasteiger partial charge in [-0.05, 0) is 36.8 Å². The second kappa shape index (κ2) is 6.57. The van der Waals surface area contributed by atoms with Crippen LogP contribution < -0.4 is 10.1 Å². The van der Waals surface area contributed by atoms with Gasteiger partial charge in [-0.1, -0.05) is 18.5 Å². The van der Waals surface area contributed by atoms with Gasteiger partial charge in [-0.3, -0.25) is 4.98 Å². The van der Waals surface area contributed by atoms with Crippen LogP contribution in [0.1, 0.15) is 25.1 Å². The van der Waals surface area contributed by atoms with Crippen molar-refractivity contribution in [2.75, 3.05) is 12.4 Å². The fourth-order valence-corrected chi connectivity index (χ4v) is 2.19. The average molecular weight is 295 g/mol. The summed E-state index contributed by atoms with van der Waals surface area (Å²) in [6, 6.07) is 8.58. The number of benzene rings is 1. The third-order valence-corrected chi connectivity index (χ3v) is 3.30. The topological polar surface area (TPSA) is 34.1 Å². The van der Waals surface area contributed by atoms with E-state index in [1.165, 1.54) is 12.3 Å². The van der Waals surface area contributed by atoms with E-state index in [4.69, 9.17) is 16.3 Å². The van der Waals surface area contributed by atoms with Gasteiger partial charge in [0.2, 0.25) is 0 Å². The maximum atomic E-state index is 12.9. The predicted molar refractivity (Wildman–Crippen MR) is 78.9 cm³/mol. The molecule has 1 aromatic carbocycles. The number of pyridine rings is 1. The molecule has 1 heterocycles. The van der Waals surface area contributed by atoms with Gasteiger partial charge >= 0.3 is 0 Å². The number of ether oxygens (including phenoxy) is 1. The van der Waals surface area contributed by atoms with Gasteiger partial charge in [-0.25, -0.2) is 4.39 Å². The molecule has 0 saturated carbocycles. The maximum absolute atomic E-state index is 12.9. The second-order valence-corrected chi connectivity index (χ2v) is 4.76. The van der Waals surface area contributed by atoms with Crippen molar-refractivity contribution in [1.82, 2.24) is 4.98 Å². The highest BCUT2D eigenvalue weighted by molar-refractivity contribution is 6.32. The number of aromatic nitrogens is 1. The summed E-state index contributed by atoms with van der Waals surface area (Å²) in [5.41, 5.74) is 1.66. The second-order valence-electron chi connectivity index (χ2n) is 4.36. The highest BCUT2D eigenvalue weighted by Gasteiger charge is 2.11. The molecule has 0 amide bonds. The normalized spacial score (nSPS) is 12.0. The Kier molecular flexibility index (Phi) is 4.79. The standard InChI is InChI=1S/C15H16ClFN2O/c1-3-13(14-6-4-10(17)9-18-14)19-11-5-7-15(20-2)12(16)8-11/h4-9,13,19H,3H2,1-2H3. The summed E-state index contributed by atoms with van der Waals surface area (Å²) in [6.45, 7) is 2.04. The molecule has 0 spiro atoms. The Morgan fingerprint density at radius 3 is 2.70 bits per heavy atom. The summed E-state index contributed by atoms with van der Waals surface area (Å²) in [5.74, 6) is 0.293. The van der Waals surface area contributed by atoms with Crippen molar-refractivity contribution in [2.45, 2.75) is 19.4 Å². The van der Waals surface area contributed by atoms with E-state index in [-0.39, 0.29) is 11.9 Å². The first-order chi connectivity index (χ1) is 9.63. The summed E-state index contributed by atoms with van der Waals surface area (Å²) in [6.07, 6.45) is 2.04. The highest BCUT2D eigenvalue weighted by atomic mass is 35.5. The van der Waals surface area contributed by atoms with Gasteiger partial charge in [0.1, 0.15) is 11.6 Å². The molecule has 0 fully saturated rings. The summed E-state index contributed by atoms with van der Waals surface area (Å²) >= 11 is 6.09. The molecule has 1 unspecified atom stereocenters. The van der Waals surface area contributed by atoms with Gasteiger partial charge in [-0.2, -0.15) is 0 Å². The largest absolute Gasteiger partial charge is 0.495 e. The molecule has 1 N–H and O–H groups in total. The molecule has 0 bridgehead atoms. The number of nitrogens with zero attached hydrogens (tertiary/aromatic N) is 1. The van der Waals surface area contributed by atoms with E-state index in [9.17, 15) is 4.39 Å². The molecule has 1 aromatic heterocycles. The molecule has 0 aliphatic heterocycles. The lowest BCUT2D eigenvalue weighted by Crippen LogP contribution is -2.11. The predicted octanol–water partition coefficient (Wildman–Crippen LogP) is 4.45. The molecule has 5 heteroatoms. The van der Waals surface area contributed by atoms with Crippen molar-refractivity contribution in [2.24, 2.45) is 0 Å². The first kappa shape index (κ1) is 14.6. The summed E-state index contributed by atoms with van der Waals surface area (Å²) < 4.78 is 18.0. The summed E-state index contributed by atoms with van der Waals surface area (Å²) in [4.78, 5) is 4.11. The third kappa shape index (κ3) is 3.39. The minimum Gasteiger partial charge on any atom is -0.495 e.